The van der Waals surface area contributed by atoms with Crippen LogP contribution in [0.2, 0.25) is 0 Å². The molecule has 0 bridgehead atoms. The first kappa shape index (κ1) is 27.7. The summed E-state index contributed by atoms with van der Waals surface area (Å²) in [6.45, 7) is 10.7. The van der Waals surface area contributed by atoms with Crippen LogP contribution in [-0.4, -0.2) is 24.3 Å². The number of carbonyl (C=O) groups is 1. The van der Waals surface area contributed by atoms with Crippen LogP contribution in [0.15, 0.2) is 72.8 Å². The highest BCUT2D eigenvalue weighted by Crippen LogP contribution is 2.38. The molecular formula is C34H40O4. The maximum Gasteiger partial charge on any atom is 0.333 e. The van der Waals surface area contributed by atoms with Gasteiger partial charge in [0, 0.05) is 5.57 Å². The SMILES string of the molecule is C=C(CC)C(=O)OCc1cc(C2CCC(C)CC2)ccc1-c1ccc(-c2ccc(OCCO)cc2C)cc1. The molecule has 4 heteroatoms. The number of ether oxygens (including phenoxy) is 2. The molecule has 1 N–H and O–H groups in total. The molecule has 200 valence electrons. The lowest BCUT2D eigenvalue weighted by molar-refractivity contribution is -0.140. The van der Waals surface area contributed by atoms with E-state index < -0.39 is 0 Å². The van der Waals surface area contributed by atoms with Crippen LogP contribution in [0.3, 0.4) is 0 Å². The predicted octanol–water partition coefficient (Wildman–Crippen LogP) is 8.00. The average Bonchev–Trinajstić information content (AvgIpc) is 2.95. The number of hydrogen-bond donors (Lipinski definition) is 1. The molecule has 0 spiro atoms. The van der Waals surface area contributed by atoms with Gasteiger partial charge in [0.1, 0.15) is 19.0 Å². The summed E-state index contributed by atoms with van der Waals surface area (Å²) < 4.78 is 11.2. The molecule has 1 saturated carbocycles. The Labute approximate surface area is 227 Å². The molecule has 0 unspecified atom stereocenters. The minimum Gasteiger partial charge on any atom is -0.491 e. The van der Waals surface area contributed by atoms with Crippen molar-refractivity contribution in [2.75, 3.05) is 13.2 Å². The maximum absolute atomic E-state index is 12.4. The molecule has 4 rings (SSSR count). The molecule has 0 amide bonds. The third-order valence-electron chi connectivity index (χ3n) is 7.76. The number of carbonyl (C=O) groups excluding carboxylic acids is 1. The topological polar surface area (TPSA) is 55.8 Å². The largest absolute Gasteiger partial charge is 0.491 e. The van der Waals surface area contributed by atoms with Crippen molar-refractivity contribution in [3.63, 3.8) is 0 Å². The molecule has 0 aliphatic heterocycles. The standard InChI is InChI=1S/C34H40O4/c1-5-24(3)34(36)38-22-30-21-29(26-8-6-23(2)7-9-26)14-16-33(30)28-12-10-27(11-13-28)32-17-15-31(20-25(32)4)37-19-18-35/h10-17,20-21,23,26,35H,3,5-9,18-19,22H2,1-2,4H3. The van der Waals surface area contributed by atoms with Crippen LogP contribution in [-0.2, 0) is 16.1 Å². The zero-order valence-electron chi connectivity index (χ0n) is 23.0. The summed E-state index contributed by atoms with van der Waals surface area (Å²) in [5.74, 6) is 1.80. The predicted molar refractivity (Wildman–Crippen MR) is 154 cm³/mol. The van der Waals surface area contributed by atoms with Crippen molar-refractivity contribution in [1.29, 1.82) is 0 Å². The van der Waals surface area contributed by atoms with E-state index in [9.17, 15) is 4.79 Å². The van der Waals surface area contributed by atoms with Gasteiger partial charge in [-0.15, -0.1) is 0 Å². The number of rotatable bonds is 10. The van der Waals surface area contributed by atoms with E-state index in [0.29, 0.717) is 17.9 Å². The molecule has 0 atom stereocenters. The van der Waals surface area contributed by atoms with Crippen LogP contribution in [0.1, 0.15) is 68.6 Å². The smallest absolute Gasteiger partial charge is 0.333 e. The lowest BCUT2D eigenvalue weighted by Crippen LogP contribution is -2.12. The molecule has 3 aromatic carbocycles. The molecular weight excluding hydrogens is 472 g/mol. The van der Waals surface area contributed by atoms with Crippen LogP contribution in [0.4, 0.5) is 0 Å². The van der Waals surface area contributed by atoms with Gasteiger partial charge in [-0.3, -0.25) is 0 Å². The molecule has 3 aromatic rings. The fourth-order valence-corrected chi connectivity index (χ4v) is 5.29. The van der Waals surface area contributed by atoms with Crippen molar-refractivity contribution in [2.24, 2.45) is 5.92 Å². The van der Waals surface area contributed by atoms with E-state index in [1.165, 1.54) is 31.2 Å². The van der Waals surface area contributed by atoms with Gasteiger partial charge in [0.25, 0.3) is 0 Å². The van der Waals surface area contributed by atoms with Crippen molar-refractivity contribution in [1.82, 2.24) is 0 Å². The summed E-state index contributed by atoms with van der Waals surface area (Å²) in [5, 5.41) is 9.00. The second kappa shape index (κ2) is 12.9. The minimum absolute atomic E-state index is 0.00233. The zero-order valence-corrected chi connectivity index (χ0v) is 23.0. The van der Waals surface area contributed by atoms with Gasteiger partial charge in [-0.05, 0) is 89.1 Å². The summed E-state index contributed by atoms with van der Waals surface area (Å²) in [6.07, 6.45) is 5.54. The van der Waals surface area contributed by atoms with Gasteiger partial charge in [-0.25, -0.2) is 4.79 Å². The molecule has 0 aromatic heterocycles. The van der Waals surface area contributed by atoms with Crippen molar-refractivity contribution in [3.8, 4) is 28.0 Å². The summed E-state index contributed by atoms with van der Waals surface area (Å²) in [4.78, 5) is 12.4. The zero-order chi connectivity index (χ0) is 27.1. The fraction of sp³-hybridized carbons (Fsp3) is 0.382. The van der Waals surface area contributed by atoms with E-state index in [2.05, 4.69) is 69.0 Å². The molecule has 1 fully saturated rings. The van der Waals surface area contributed by atoms with Crippen LogP contribution in [0.5, 0.6) is 5.75 Å². The van der Waals surface area contributed by atoms with Crippen molar-refractivity contribution >= 4 is 5.97 Å². The Hall–Kier alpha value is -3.37. The van der Waals surface area contributed by atoms with Gasteiger partial charge in [0.2, 0.25) is 0 Å². The Balaban J connectivity index is 1.60. The van der Waals surface area contributed by atoms with Gasteiger partial charge in [0.15, 0.2) is 0 Å². The number of aliphatic hydroxyl groups excluding tert-OH is 1. The second-order valence-corrected chi connectivity index (χ2v) is 10.5. The molecule has 0 radical (unpaired) electrons. The molecule has 38 heavy (non-hydrogen) atoms. The number of hydrogen-bond acceptors (Lipinski definition) is 4. The Morgan fingerprint density at radius 1 is 0.947 bits per heavy atom. The number of aryl methyl sites for hydroxylation is 1. The second-order valence-electron chi connectivity index (χ2n) is 10.5. The summed E-state index contributed by atoms with van der Waals surface area (Å²) in [5.41, 5.74) is 8.44. The lowest BCUT2D eigenvalue weighted by atomic mass is 9.78. The number of esters is 1. The summed E-state index contributed by atoms with van der Waals surface area (Å²) >= 11 is 0. The molecule has 1 aliphatic carbocycles. The third kappa shape index (κ3) is 6.73. The van der Waals surface area contributed by atoms with Gasteiger partial charge >= 0.3 is 5.97 Å². The summed E-state index contributed by atoms with van der Waals surface area (Å²) in [7, 11) is 0. The van der Waals surface area contributed by atoms with E-state index in [1.54, 1.807) is 0 Å². The Bertz CT molecular complexity index is 1250. The maximum atomic E-state index is 12.4. The van der Waals surface area contributed by atoms with E-state index >= 15 is 0 Å². The quantitative estimate of drug-likeness (QED) is 0.221. The molecule has 0 saturated heterocycles. The minimum atomic E-state index is -0.326. The fourth-order valence-electron chi connectivity index (χ4n) is 5.29. The van der Waals surface area contributed by atoms with Crippen LogP contribution < -0.4 is 4.74 Å². The van der Waals surface area contributed by atoms with Crippen molar-refractivity contribution in [2.45, 2.75) is 65.4 Å². The molecule has 0 heterocycles. The first-order valence-corrected chi connectivity index (χ1v) is 13.8. The normalized spacial score (nSPS) is 17.2. The van der Waals surface area contributed by atoms with Crippen LogP contribution >= 0.6 is 0 Å². The van der Waals surface area contributed by atoms with Crippen LogP contribution in [0.25, 0.3) is 22.3 Å². The first-order valence-electron chi connectivity index (χ1n) is 13.8. The van der Waals surface area contributed by atoms with Gasteiger partial charge in [-0.2, -0.15) is 0 Å². The average molecular weight is 513 g/mol. The van der Waals surface area contributed by atoms with E-state index in [4.69, 9.17) is 14.6 Å². The van der Waals surface area contributed by atoms with Crippen molar-refractivity contribution in [3.05, 3.63) is 89.5 Å². The molecule has 1 aliphatic rings. The summed E-state index contributed by atoms with van der Waals surface area (Å²) in [6, 6.07) is 21.2. The Morgan fingerprint density at radius 3 is 2.24 bits per heavy atom. The van der Waals surface area contributed by atoms with Crippen LogP contribution in [0, 0.1) is 12.8 Å². The first-order chi connectivity index (χ1) is 18.4. The highest BCUT2D eigenvalue weighted by atomic mass is 16.5. The lowest BCUT2D eigenvalue weighted by Gasteiger charge is -2.27. The monoisotopic (exact) mass is 512 g/mol. The third-order valence-corrected chi connectivity index (χ3v) is 7.76. The van der Waals surface area contributed by atoms with Gasteiger partial charge < -0.3 is 14.6 Å². The molecule has 4 nitrogen and oxygen atoms in total. The van der Waals surface area contributed by atoms with Gasteiger partial charge in [0.05, 0.1) is 6.61 Å². The van der Waals surface area contributed by atoms with E-state index in [0.717, 1.165) is 45.0 Å². The van der Waals surface area contributed by atoms with E-state index in [1.807, 2.05) is 19.1 Å². The van der Waals surface area contributed by atoms with Gasteiger partial charge in [-0.1, -0.05) is 81.8 Å². The number of benzene rings is 3. The van der Waals surface area contributed by atoms with Crippen molar-refractivity contribution < 1.29 is 19.4 Å². The number of aliphatic hydroxyl groups is 1. The highest BCUT2D eigenvalue weighted by molar-refractivity contribution is 5.87. The van der Waals surface area contributed by atoms with E-state index in [-0.39, 0.29) is 25.8 Å². The highest BCUT2D eigenvalue weighted by Gasteiger charge is 2.21. The Kier molecular flexibility index (Phi) is 9.41. The Morgan fingerprint density at radius 2 is 1.61 bits per heavy atom.